The molecule has 0 spiro atoms. The van der Waals surface area contributed by atoms with E-state index in [1.54, 1.807) is 0 Å². The first-order valence-electron chi connectivity index (χ1n) is 5.52. The number of sulfonamides is 1. The third-order valence-corrected chi connectivity index (χ3v) is 4.51. The third-order valence-electron chi connectivity index (χ3n) is 2.71. The normalized spacial score (nSPS) is 14.1. The number of hydrogen-bond acceptors (Lipinski definition) is 4. The van der Waals surface area contributed by atoms with Crippen LogP contribution in [-0.2, 0) is 14.8 Å². The van der Waals surface area contributed by atoms with Crippen LogP contribution in [0.15, 0.2) is 0 Å². The molecule has 136 valence electrons. The van der Waals surface area contributed by atoms with Crippen LogP contribution in [0.1, 0.15) is 6.42 Å². The average molecular weight is 376 g/mol. The summed E-state index contributed by atoms with van der Waals surface area (Å²) in [5.74, 6) is -3.31. The standard InChI is InChI=1S/C9H11F7N2O4S/c1-17(5-6(19)18(2)20)23(21,22)4-3-7(10,8(11,12)13)9(14,15)16/h2-5H2,1H3. The number of halogens is 7. The zero-order valence-electron chi connectivity index (χ0n) is 11.4. The maximum Gasteiger partial charge on any atom is 0.431 e. The lowest BCUT2D eigenvalue weighted by molar-refractivity contribution is -0.373. The highest BCUT2D eigenvalue weighted by Gasteiger charge is 2.72. The molecule has 0 aliphatic rings. The number of amides is 1. The van der Waals surface area contributed by atoms with E-state index in [9.17, 15) is 49.2 Å². The quantitative estimate of drug-likeness (QED) is 0.229. The van der Waals surface area contributed by atoms with E-state index in [0.717, 1.165) is 0 Å². The van der Waals surface area contributed by atoms with Gasteiger partial charge in [-0.3, -0.25) is 0 Å². The molecule has 0 radical (unpaired) electrons. The van der Waals surface area contributed by atoms with Gasteiger partial charge in [0.15, 0.2) is 0 Å². The van der Waals surface area contributed by atoms with Crippen molar-refractivity contribution in [2.75, 3.05) is 19.3 Å². The van der Waals surface area contributed by atoms with Crippen LogP contribution in [0, 0.1) is 5.21 Å². The zero-order chi connectivity index (χ0) is 18.9. The van der Waals surface area contributed by atoms with Gasteiger partial charge in [0.05, 0.1) is 5.75 Å². The predicted octanol–water partition coefficient (Wildman–Crippen LogP) is 1.21. The molecule has 0 aliphatic carbocycles. The Labute approximate surface area is 125 Å². The Morgan fingerprint density at radius 2 is 1.52 bits per heavy atom. The molecule has 0 N–H and O–H groups in total. The number of hydroxylamine groups is 1. The molecule has 14 heteroatoms. The molecule has 0 saturated heterocycles. The van der Waals surface area contributed by atoms with Crippen molar-refractivity contribution in [3.63, 3.8) is 0 Å². The lowest BCUT2D eigenvalue weighted by Crippen LogP contribution is -2.54. The monoisotopic (exact) mass is 376 g/mol. The van der Waals surface area contributed by atoms with Crippen LogP contribution in [0.4, 0.5) is 30.7 Å². The number of hydrogen-bond donors (Lipinski definition) is 0. The molecule has 6 nitrogen and oxygen atoms in total. The van der Waals surface area contributed by atoms with Gasteiger partial charge in [-0.2, -0.15) is 30.6 Å². The first-order chi connectivity index (χ1) is 9.96. The summed E-state index contributed by atoms with van der Waals surface area (Å²) in [5, 5.41) is 10.5. The number of nitrogens with zero attached hydrogens (tertiary/aromatic N) is 2. The number of alkyl halides is 7. The molecule has 0 heterocycles. The van der Waals surface area contributed by atoms with Crippen LogP contribution in [0.3, 0.4) is 0 Å². The largest absolute Gasteiger partial charge is 0.617 e. The first-order valence-corrected chi connectivity index (χ1v) is 7.13. The van der Waals surface area contributed by atoms with E-state index in [0.29, 0.717) is 7.05 Å². The Balaban J connectivity index is 5.26. The predicted molar refractivity (Wildman–Crippen MR) is 62.7 cm³/mol. The van der Waals surface area contributed by atoms with E-state index >= 15 is 0 Å². The Hall–Kier alpha value is -1.44. The molecular formula is C9H11F7N2O4S. The summed E-state index contributed by atoms with van der Waals surface area (Å²) in [7, 11) is -4.24. The van der Waals surface area contributed by atoms with Crippen LogP contribution in [0.25, 0.3) is 0 Å². The number of likely N-dealkylation sites (N-methyl/N-ethyl adjacent to an activating group) is 1. The van der Waals surface area contributed by atoms with E-state index in [4.69, 9.17) is 0 Å². The summed E-state index contributed by atoms with van der Waals surface area (Å²) in [5.41, 5.74) is -5.73. The fourth-order valence-electron chi connectivity index (χ4n) is 1.24. The summed E-state index contributed by atoms with van der Waals surface area (Å²) < 4.78 is 110. The fraction of sp³-hybridized carbons (Fsp3) is 0.778. The number of carbonyl (C=O) groups is 1. The molecule has 0 aromatic heterocycles. The summed E-state index contributed by atoms with van der Waals surface area (Å²) in [6.07, 6.45) is -15.2. The second-order valence-electron chi connectivity index (χ2n) is 4.39. The Morgan fingerprint density at radius 3 is 1.83 bits per heavy atom. The lowest BCUT2D eigenvalue weighted by atomic mass is 10.0. The topological polar surface area (TPSA) is 80.5 Å². The minimum atomic E-state index is -6.38. The van der Waals surface area contributed by atoms with E-state index in [1.165, 1.54) is 0 Å². The van der Waals surface area contributed by atoms with Gasteiger partial charge in [0, 0.05) is 13.5 Å². The van der Waals surface area contributed by atoms with Crippen molar-refractivity contribution >= 4 is 22.6 Å². The van der Waals surface area contributed by atoms with Crippen molar-refractivity contribution in [2.45, 2.75) is 24.4 Å². The third kappa shape index (κ3) is 5.02. The highest BCUT2D eigenvalue weighted by Crippen LogP contribution is 2.48. The minimum absolute atomic E-state index is 0.0264. The van der Waals surface area contributed by atoms with Crippen LogP contribution in [-0.4, -0.2) is 67.5 Å². The van der Waals surface area contributed by atoms with E-state index in [1.807, 2.05) is 0 Å². The van der Waals surface area contributed by atoms with Crippen LogP contribution >= 0.6 is 0 Å². The maximum absolute atomic E-state index is 13.3. The van der Waals surface area contributed by atoms with E-state index < -0.39 is 57.4 Å². The van der Waals surface area contributed by atoms with Gasteiger partial charge in [0.2, 0.25) is 10.0 Å². The highest BCUT2D eigenvalue weighted by molar-refractivity contribution is 7.89. The average Bonchev–Trinajstić information content (AvgIpc) is 2.32. The zero-order valence-corrected chi connectivity index (χ0v) is 12.2. The molecule has 1 amide bonds. The summed E-state index contributed by atoms with van der Waals surface area (Å²) in [6.45, 7) is 1.40. The van der Waals surface area contributed by atoms with Crippen molar-refractivity contribution in [1.82, 2.24) is 4.31 Å². The SMILES string of the molecule is C=[N+]([O-])C(=O)CN(C)S(=O)(=O)CCC(F)(C(F)(F)F)C(F)(F)F. The summed E-state index contributed by atoms with van der Waals surface area (Å²) in [4.78, 5) is 10.9. The Kier molecular flexibility index (Phi) is 6.17. The molecule has 23 heavy (non-hydrogen) atoms. The van der Waals surface area contributed by atoms with Gasteiger partial charge in [-0.15, -0.1) is 4.74 Å². The smallest absolute Gasteiger partial charge is 0.431 e. The fourth-order valence-corrected chi connectivity index (χ4v) is 2.40. The second-order valence-corrected chi connectivity index (χ2v) is 6.59. The van der Waals surface area contributed by atoms with Gasteiger partial charge in [-0.1, -0.05) is 0 Å². The Bertz CT molecular complexity index is 555. The number of rotatable bonds is 6. The molecule has 0 fully saturated rings. The van der Waals surface area contributed by atoms with Crippen molar-refractivity contribution in [1.29, 1.82) is 0 Å². The molecule has 0 rings (SSSR count). The van der Waals surface area contributed by atoms with Crippen molar-refractivity contribution in [3.05, 3.63) is 5.21 Å². The molecule has 0 bridgehead atoms. The van der Waals surface area contributed by atoms with Gasteiger partial charge >= 0.3 is 18.3 Å². The van der Waals surface area contributed by atoms with Gasteiger partial charge in [0.25, 0.3) is 5.67 Å². The van der Waals surface area contributed by atoms with Crippen LogP contribution in [0.2, 0.25) is 0 Å². The molecule has 0 aliphatic heterocycles. The highest BCUT2D eigenvalue weighted by atomic mass is 32.2. The molecule has 0 aromatic rings. The second kappa shape index (κ2) is 6.59. The lowest BCUT2D eigenvalue weighted by Gasteiger charge is -2.30. The van der Waals surface area contributed by atoms with Crippen molar-refractivity contribution in [2.24, 2.45) is 0 Å². The molecule has 0 atom stereocenters. The Morgan fingerprint density at radius 1 is 1.13 bits per heavy atom. The van der Waals surface area contributed by atoms with Crippen molar-refractivity contribution in [3.8, 4) is 0 Å². The van der Waals surface area contributed by atoms with Crippen molar-refractivity contribution < 1.29 is 48.7 Å². The number of carbonyl (C=O) groups excluding carboxylic acids is 1. The van der Waals surface area contributed by atoms with Crippen LogP contribution in [0.5, 0.6) is 0 Å². The molecule has 0 saturated carbocycles. The minimum Gasteiger partial charge on any atom is -0.617 e. The van der Waals surface area contributed by atoms with Gasteiger partial charge in [-0.25, -0.2) is 17.6 Å². The van der Waals surface area contributed by atoms with Gasteiger partial charge in [0.1, 0.15) is 13.3 Å². The van der Waals surface area contributed by atoms with Gasteiger partial charge < -0.3 is 5.21 Å². The van der Waals surface area contributed by atoms with E-state index in [2.05, 4.69) is 6.72 Å². The summed E-state index contributed by atoms with van der Waals surface area (Å²) in [6, 6.07) is 0. The molecule has 0 aromatic carbocycles. The molecule has 0 unspecified atom stereocenters. The summed E-state index contributed by atoms with van der Waals surface area (Å²) >= 11 is 0. The van der Waals surface area contributed by atoms with Crippen LogP contribution < -0.4 is 0 Å². The first kappa shape index (κ1) is 21.6. The maximum atomic E-state index is 13.3. The molecular weight excluding hydrogens is 365 g/mol. The van der Waals surface area contributed by atoms with Gasteiger partial charge in [-0.05, 0) is 0 Å². The van der Waals surface area contributed by atoms with E-state index in [-0.39, 0.29) is 4.31 Å².